The van der Waals surface area contributed by atoms with Gasteiger partial charge in [0.2, 0.25) is 0 Å². The summed E-state index contributed by atoms with van der Waals surface area (Å²) in [7, 11) is 0. The quantitative estimate of drug-likeness (QED) is 0.663. The van der Waals surface area contributed by atoms with Gasteiger partial charge in [-0.05, 0) is 46.3 Å². The molecule has 1 unspecified atom stereocenters. The second-order valence-corrected chi connectivity index (χ2v) is 6.89. The van der Waals surface area contributed by atoms with Crippen molar-refractivity contribution < 1.29 is 0 Å². The summed E-state index contributed by atoms with van der Waals surface area (Å²) in [4.78, 5) is 1.42. The predicted octanol–water partition coefficient (Wildman–Crippen LogP) is 5.10. The van der Waals surface area contributed by atoms with Crippen LogP contribution >= 0.6 is 38.9 Å². The zero-order valence-corrected chi connectivity index (χ0v) is 11.8. The van der Waals surface area contributed by atoms with Gasteiger partial charge in [-0.25, -0.2) is 0 Å². The Morgan fingerprint density at radius 3 is 2.64 bits per heavy atom. The van der Waals surface area contributed by atoms with Crippen LogP contribution in [0.15, 0.2) is 15.9 Å². The van der Waals surface area contributed by atoms with Gasteiger partial charge in [-0.2, -0.15) is 0 Å². The van der Waals surface area contributed by atoms with E-state index in [2.05, 4.69) is 41.9 Å². The number of alkyl halides is 1. The average molecular weight is 296 g/mol. The molecule has 1 rings (SSSR count). The molecule has 0 spiro atoms. The van der Waals surface area contributed by atoms with Crippen LogP contribution in [0.2, 0.25) is 0 Å². The predicted molar refractivity (Wildman–Crippen MR) is 69.5 cm³/mol. The van der Waals surface area contributed by atoms with Crippen LogP contribution in [-0.2, 0) is 6.42 Å². The van der Waals surface area contributed by atoms with Crippen molar-refractivity contribution in [2.24, 2.45) is 5.41 Å². The molecule has 1 atom stereocenters. The third-order valence-electron chi connectivity index (χ3n) is 2.41. The van der Waals surface area contributed by atoms with E-state index in [1.54, 1.807) is 0 Å². The van der Waals surface area contributed by atoms with Crippen molar-refractivity contribution in [1.29, 1.82) is 0 Å². The maximum atomic E-state index is 6.04. The molecule has 0 N–H and O–H groups in total. The van der Waals surface area contributed by atoms with Crippen molar-refractivity contribution in [1.82, 2.24) is 0 Å². The summed E-state index contributed by atoms with van der Waals surface area (Å²) in [6.45, 7) is 4.49. The van der Waals surface area contributed by atoms with Crippen molar-refractivity contribution in [3.05, 3.63) is 20.8 Å². The molecule has 80 valence electrons. The smallest absolute Gasteiger partial charge is 0.0701 e. The summed E-state index contributed by atoms with van der Waals surface area (Å²) in [5.41, 5.74) is 0.264. The van der Waals surface area contributed by atoms with Gasteiger partial charge in [0, 0.05) is 10.8 Å². The summed E-state index contributed by atoms with van der Waals surface area (Å²) in [5, 5.41) is 0. The Hall–Kier alpha value is 0.470. The monoisotopic (exact) mass is 294 g/mol. The van der Waals surface area contributed by atoms with Crippen LogP contribution in [0.5, 0.6) is 0 Å². The molecular weight excluding hydrogens is 280 g/mol. The molecule has 0 radical (unpaired) electrons. The molecule has 0 aliphatic heterocycles. The Labute approximate surface area is 104 Å². The molecule has 3 heteroatoms. The second-order valence-electron chi connectivity index (χ2n) is 4.08. The summed E-state index contributed by atoms with van der Waals surface area (Å²) < 4.78 is 1.21. The molecule has 0 nitrogen and oxygen atoms in total. The van der Waals surface area contributed by atoms with Gasteiger partial charge in [0.15, 0.2) is 0 Å². The lowest BCUT2D eigenvalue weighted by Crippen LogP contribution is -2.20. The van der Waals surface area contributed by atoms with Crippen molar-refractivity contribution in [2.75, 3.05) is 5.88 Å². The fraction of sp³-hybridized carbons (Fsp3) is 0.636. The summed E-state index contributed by atoms with van der Waals surface area (Å²) >= 11 is 11.3. The van der Waals surface area contributed by atoms with Gasteiger partial charge in [0.25, 0.3) is 0 Å². The molecule has 0 fully saturated rings. The number of rotatable bonds is 5. The Kier molecular flexibility index (Phi) is 4.95. The lowest BCUT2D eigenvalue weighted by Gasteiger charge is -2.25. The topological polar surface area (TPSA) is 0 Å². The molecule has 0 aromatic carbocycles. The molecule has 14 heavy (non-hydrogen) atoms. The van der Waals surface area contributed by atoms with Crippen molar-refractivity contribution >= 4 is 38.9 Å². The molecular formula is C11H16BrClS. The van der Waals surface area contributed by atoms with Crippen LogP contribution in [-0.4, -0.2) is 5.88 Å². The third kappa shape index (κ3) is 3.56. The summed E-state index contributed by atoms with van der Waals surface area (Å²) in [6, 6.07) is 4.30. The Morgan fingerprint density at radius 2 is 2.21 bits per heavy atom. The lowest BCUT2D eigenvalue weighted by atomic mass is 9.84. The van der Waals surface area contributed by atoms with E-state index in [1.165, 1.54) is 21.5 Å². The van der Waals surface area contributed by atoms with Crippen LogP contribution in [0.25, 0.3) is 0 Å². The Bertz CT molecular complexity index is 285. The van der Waals surface area contributed by atoms with Crippen LogP contribution in [0.4, 0.5) is 0 Å². The highest BCUT2D eigenvalue weighted by Gasteiger charge is 2.23. The molecule has 0 aliphatic carbocycles. The van der Waals surface area contributed by atoms with E-state index in [9.17, 15) is 0 Å². The average Bonchev–Trinajstić information content (AvgIpc) is 2.51. The van der Waals surface area contributed by atoms with E-state index >= 15 is 0 Å². The molecule has 1 heterocycles. The SMILES string of the molecule is CCCC(C)(CCl)Cc1ccc(Br)s1. The Morgan fingerprint density at radius 1 is 1.50 bits per heavy atom. The number of hydrogen-bond donors (Lipinski definition) is 0. The highest BCUT2D eigenvalue weighted by molar-refractivity contribution is 9.11. The van der Waals surface area contributed by atoms with Gasteiger partial charge in [0.1, 0.15) is 0 Å². The number of halogens is 2. The third-order valence-corrected chi connectivity index (χ3v) is 4.67. The van der Waals surface area contributed by atoms with Gasteiger partial charge in [-0.3, -0.25) is 0 Å². The normalized spacial score (nSPS) is 15.4. The van der Waals surface area contributed by atoms with E-state index in [-0.39, 0.29) is 5.41 Å². The lowest BCUT2D eigenvalue weighted by molar-refractivity contribution is 0.337. The van der Waals surface area contributed by atoms with E-state index in [0.717, 1.165) is 12.3 Å². The molecule has 0 amide bonds. The first kappa shape index (κ1) is 12.5. The fourth-order valence-electron chi connectivity index (χ4n) is 1.67. The number of thiophene rings is 1. The van der Waals surface area contributed by atoms with Crippen LogP contribution in [0.1, 0.15) is 31.6 Å². The van der Waals surface area contributed by atoms with Gasteiger partial charge in [0.05, 0.1) is 3.79 Å². The maximum Gasteiger partial charge on any atom is 0.0701 e. The molecule has 1 aromatic rings. The highest BCUT2D eigenvalue weighted by Crippen LogP contribution is 2.33. The van der Waals surface area contributed by atoms with E-state index in [1.807, 2.05) is 11.3 Å². The van der Waals surface area contributed by atoms with E-state index in [0.29, 0.717) is 0 Å². The maximum absolute atomic E-state index is 6.04. The summed E-state index contributed by atoms with van der Waals surface area (Å²) in [6.07, 6.45) is 3.50. The largest absolute Gasteiger partial charge is 0.133 e. The van der Waals surface area contributed by atoms with Gasteiger partial charge in [-0.1, -0.05) is 20.3 Å². The molecule has 1 aromatic heterocycles. The minimum absolute atomic E-state index is 0.264. The van der Waals surface area contributed by atoms with Crippen LogP contribution in [0, 0.1) is 5.41 Å². The first-order valence-electron chi connectivity index (χ1n) is 4.90. The fourth-order valence-corrected chi connectivity index (χ4v) is 3.60. The van der Waals surface area contributed by atoms with Crippen molar-refractivity contribution in [3.63, 3.8) is 0 Å². The minimum Gasteiger partial charge on any atom is -0.133 e. The molecule has 0 saturated carbocycles. The van der Waals surface area contributed by atoms with Gasteiger partial charge >= 0.3 is 0 Å². The van der Waals surface area contributed by atoms with Crippen molar-refractivity contribution in [2.45, 2.75) is 33.1 Å². The molecule has 0 aliphatic rings. The molecule has 0 bridgehead atoms. The first-order valence-corrected chi connectivity index (χ1v) is 7.04. The van der Waals surface area contributed by atoms with Gasteiger partial charge < -0.3 is 0 Å². The van der Waals surface area contributed by atoms with E-state index in [4.69, 9.17) is 11.6 Å². The van der Waals surface area contributed by atoms with Gasteiger partial charge in [-0.15, -0.1) is 22.9 Å². The second kappa shape index (κ2) is 5.53. The van der Waals surface area contributed by atoms with Crippen LogP contribution in [0.3, 0.4) is 0 Å². The zero-order valence-electron chi connectivity index (χ0n) is 8.65. The minimum atomic E-state index is 0.264. The highest BCUT2D eigenvalue weighted by atomic mass is 79.9. The standard InChI is InChI=1S/C11H16BrClS/c1-3-6-11(2,8-13)7-9-4-5-10(12)14-9/h4-5H,3,6-8H2,1-2H3. The van der Waals surface area contributed by atoms with Crippen LogP contribution < -0.4 is 0 Å². The summed E-state index contributed by atoms with van der Waals surface area (Å²) in [5.74, 6) is 0.746. The Balaban J connectivity index is 2.64. The van der Waals surface area contributed by atoms with Crippen molar-refractivity contribution in [3.8, 4) is 0 Å². The first-order chi connectivity index (χ1) is 6.59. The molecule has 0 saturated heterocycles. The number of hydrogen-bond acceptors (Lipinski definition) is 1. The van der Waals surface area contributed by atoms with E-state index < -0.39 is 0 Å². The zero-order chi connectivity index (χ0) is 10.6.